The Morgan fingerprint density at radius 2 is 2.03 bits per heavy atom. The number of hydrogen-bond acceptors (Lipinski definition) is 5. The van der Waals surface area contributed by atoms with Gasteiger partial charge in [-0.15, -0.1) is 0 Å². The van der Waals surface area contributed by atoms with Crippen molar-refractivity contribution in [2.75, 3.05) is 32.5 Å². The standard InChI is InChI=1S/C24H32FN5O/c1-24(2,16-8-7-9-17(25)14-16)23(31)30-12-6-5-10-20(30)22-27-19-11-13-29(4)15-18(19)21(26-3)28-22/h7-9,14,20H,5-6,10-13,15H2,1-4H3,(H,26,27,28). The molecular formula is C24H32FN5O. The van der Waals surface area contributed by atoms with Crippen molar-refractivity contribution in [1.82, 2.24) is 19.8 Å². The van der Waals surface area contributed by atoms with E-state index >= 15 is 0 Å². The number of aromatic nitrogens is 2. The molecule has 1 atom stereocenters. The van der Waals surface area contributed by atoms with Gasteiger partial charge >= 0.3 is 0 Å². The van der Waals surface area contributed by atoms with Gasteiger partial charge < -0.3 is 15.1 Å². The van der Waals surface area contributed by atoms with Crippen LogP contribution in [-0.4, -0.2) is 52.9 Å². The maximum atomic E-state index is 13.9. The first-order chi connectivity index (χ1) is 14.8. The number of amides is 1. The van der Waals surface area contributed by atoms with Gasteiger partial charge in [0, 0.05) is 38.7 Å². The van der Waals surface area contributed by atoms with Crippen molar-refractivity contribution in [2.45, 2.75) is 57.5 Å². The third kappa shape index (κ3) is 4.15. The van der Waals surface area contributed by atoms with Crippen LogP contribution < -0.4 is 5.32 Å². The molecule has 3 heterocycles. The van der Waals surface area contributed by atoms with E-state index in [4.69, 9.17) is 9.97 Å². The van der Waals surface area contributed by atoms with Crippen molar-refractivity contribution >= 4 is 11.7 Å². The molecule has 1 aromatic heterocycles. The van der Waals surface area contributed by atoms with Crippen molar-refractivity contribution in [3.63, 3.8) is 0 Å². The Bertz CT molecular complexity index is 959. The van der Waals surface area contributed by atoms with Crippen LogP contribution in [0.5, 0.6) is 0 Å². The van der Waals surface area contributed by atoms with Crippen LogP contribution >= 0.6 is 0 Å². The summed E-state index contributed by atoms with van der Waals surface area (Å²) in [6.45, 7) is 6.20. The summed E-state index contributed by atoms with van der Waals surface area (Å²) in [7, 11) is 3.99. The van der Waals surface area contributed by atoms with Gasteiger partial charge in [0.05, 0.1) is 17.2 Å². The molecule has 31 heavy (non-hydrogen) atoms. The number of carbonyl (C=O) groups is 1. The van der Waals surface area contributed by atoms with Crippen molar-refractivity contribution in [3.8, 4) is 0 Å². The van der Waals surface area contributed by atoms with Crippen LogP contribution in [0.3, 0.4) is 0 Å². The summed E-state index contributed by atoms with van der Waals surface area (Å²) in [6, 6.07) is 6.19. The maximum absolute atomic E-state index is 13.9. The van der Waals surface area contributed by atoms with Gasteiger partial charge in [-0.05, 0) is 57.9 Å². The van der Waals surface area contributed by atoms with E-state index in [0.29, 0.717) is 12.1 Å². The molecule has 2 aliphatic rings. The Hall–Kier alpha value is -2.54. The van der Waals surface area contributed by atoms with Gasteiger partial charge in [-0.2, -0.15) is 0 Å². The number of fused-ring (bicyclic) bond motifs is 1. The molecule has 1 amide bonds. The van der Waals surface area contributed by atoms with Crippen LogP contribution in [0, 0.1) is 5.82 Å². The molecule has 1 saturated heterocycles. The highest BCUT2D eigenvalue weighted by Crippen LogP contribution is 2.36. The molecule has 0 saturated carbocycles. The summed E-state index contributed by atoms with van der Waals surface area (Å²) in [4.78, 5) is 27.7. The fourth-order valence-electron chi connectivity index (χ4n) is 4.73. The molecule has 166 valence electrons. The molecule has 0 radical (unpaired) electrons. The van der Waals surface area contributed by atoms with E-state index in [1.54, 1.807) is 6.07 Å². The number of benzene rings is 1. The van der Waals surface area contributed by atoms with Crippen molar-refractivity contribution in [2.24, 2.45) is 0 Å². The minimum atomic E-state index is -0.833. The van der Waals surface area contributed by atoms with Crippen LogP contribution in [0.15, 0.2) is 24.3 Å². The molecule has 2 aliphatic heterocycles. The van der Waals surface area contributed by atoms with Gasteiger partial charge in [0.1, 0.15) is 11.6 Å². The van der Waals surface area contributed by atoms with E-state index in [1.807, 2.05) is 31.9 Å². The van der Waals surface area contributed by atoms with Crippen LogP contribution in [0.25, 0.3) is 0 Å². The fourth-order valence-corrected chi connectivity index (χ4v) is 4.73. The number of rotatable bonds is 4. The third-order valence-corrected chi connectivity index (χ3v) is 6.65. The zero-order chi connectivity index (χ0) is 22.2. The average Bonchev–Trinajstić information content (AvgIpc) is 2.77. The highest BCUT2D eigenvalue weighted by molar-refractivity contribution is 5.87. The predicted molar refractivity (Wildman–Crippen MR) is 119 cm³/mol. The number of likely N-dealkylation sites (tertiary alicyclic amines) is 1. The second-order valence-corrected chi connectivity index (χ2v) is 9.24. The number of hydrogen-bond donors (Lipinski definition) is 1. The largest absolute Gasteiger partial charge is 0.373 e. The average molecular weight is 426 g/mol. The molecular weight excluding hydrogens is 393 g/mol. The van der Waals surface area contributed by atoms with Gasteiger partial charge in [0.2, 0.25) is 5.91 Å². The molecule has 6 nitrogen and oxygen atoms in total. The minimum Gasteiger partial charge on any atom is -0.373 e. The molecule has 1 unspecified atom stereocenters. The lowest BCUT2D eigenvalue weighted by atomic mass is 9.82. The lowest BCUT2D eigenvalue weighted by Crippen LogP contribution is -2.47. The Labute approximate surface area is 183 Å². The fraction of sp³-hybridized carbons (Fsp3) is 0.542. The van der Waals surface area contributed by atoms with Crippen LogP contribution in [0.2, 0.25) is 0 Å². The number of piperidine rings is 1. The summed E-state index contributed by atoms with van der Waals surface area (Å²) >= 11 is 0. The molecule has 1 aromatic carbocycles. The van der Waals surface area contributed by atoms with Gasteiger partial charge in [0.25, 0.3) is 0 Å². The Kier molecular flexibility index (Phi) is 5.97. The molecule has 0 bridgehead atoms. The van der Waals surface area contributed by atoms with E-state index < -0.39 is 5.41 Å². The lowest BCUT2D eigenvalue weighted by molar-refractivity contribution is -0.140. The quantitative estimate of drug-likeness (QED) is 0.810. The first-order valence-electron chi connectivity index (χ1n) is 11.1. The zero-order valence-electron chi connectivity index (χ0n) is 18.9. The SMILES string of the molecule is CNc1nc(C2CCCCN2C(=O)C(C)(C)c2cccc(F)c2)nc2c1CN(C)CC2. The van der Waals surface area contributed by atoms with E-state index in [9.17, 15) is 9.18 Å². The molecule has 0 aliphatic carbocycles. The smallest absolute Gasteiger partial charge is 0.233 e. The highest BCUT2D eigenvalue weighted by Gasteiger charge is 2.40. The van der Waals surface area contributed by atoms with E-state index in [0.717, 1.165) is 61.7 Å². The molecule has 2 aromatic rings. The summed E-state index contributed by atoms with van der Waals surface area (Å²) in [5.41, 5.74) is 2.08. The van der Waals surface area contributed by atoms with Gasteiger partial charge in [0.15, 0.2) is 5.82 Å². The monoisotopic (exact) mass is 425 g/mol. The van der Waals surface area contributed by atoms with Crippen molar-refractivity contribution in [1.29, 1.82) is 0 Å². The number of likely N-dealkylation sites (N-methyl/N-ethyl adjacent to an activating group) is 1. The van der Waals surface area contributed by atoms with Crippen LogP contribution in [-0.2, 0) is 23.2 Å². The molecule has 1 N–H and O–H groups in total. The summed E-state index contributed by atoms with van der Waals surface area (Å²) in [6.07, 6.45) is 3.71. The summed E-state index contributed by atoms with van der Waals surface area (Å²) in [5.74, 6) is 1.25. The van der Waals surface area contributed by atoms with Crippen molar-refractivity contribution in [3.05, 3.63) is 52.7 Å². The summed E-state index contributed by atoms with van der Waals surface area (Å²) in [5, 5.41) is 3.24. The minimum absolute atomic E-state index is 0.00476. The molecule has 1 fully saturated rings. The Balaban J connectivity index is 1.69. The zero-order valence-corrected chi connectivity index (χ0v) is 18.9. The number of carbonyl (C=O) groups excluding carboxylic acids is 1. The Morgan fingerprint density at radius 3 is 2.77 bits per heavy atom. The van der Waals surface area contributed by atoms with Crippen LogP contribution in [0.4, 0.5) is 10.2 Å². The topological polar surface area (TPSA) is 61.4 Å². The summed E-state index contributed by atoms with van der Waals surface area (Å²) < 4.78 is 13.9. The van der Waals surface area contributed by atoms with Crippen molar-refractivity contribution < 1.29 is 9.18 Å². The number of halogens is 1. The third-order valence-electron chi connectivity index (χ3n) is 6.65. The lowest BCUT2D eigenvalue weighted by Gasteiger charge is -2.40. The highest BCUT2D eigenvalue weighted by atomic mass is 19.1. The predicted octanol–water partition coefficient (Wildman–Crippen LogP) is 3.68. The first kappa shape index (κ1) is 21.7. The molecule has 7 heteroatoms. The number of anilines is 1. The first-order valence-corrected chi connectivity index (χ1v) is 11.1. The van der Waals surface area contributed by atoms with Crippen LogP contribution in [0.1, 0.15) is 61.8 Å². The van der Waals surface area contributed by atoms with Gasteiger partial charge in [-0.1, -0.05) is 12.1 Å². The van der Waals surface area contributed by atoms with E-state index in [2.05, 4.69) is 17.3 Å². The number of nitrogens with zero attached hydrogens (tertiary/aromatic N) is 4. The molecule has 4 rings (SSSR count). The normalized spacial score (nSPS) is 19.8. The maximum Gasteiger partial charge on any atom is 0.233 e. The molecule has 0 spiro atoms. The Morgan fingerprint density at radius 1 is 1.23 bits per heavy atom. The second kappa shape index (κ2) is 8.54. The second-order valence-electron chi connectivity index (χ2n) is 9.24. The number of nitrogens with one attached hydrogen (secondary N) is 1. The van der Waals surface area contributed by atoms with E-state index in [-0.39, 0.29) is 17.8 Å². The van der Waals surface area contributed by atoms with Gasteiger partial charge in [-0.25, -0.2) is 14.4 Å². The van der Waals surface area contributed by atoms with Gasteiger partial charge in [-0.3, -0.25) is 4.79 Å². The van der Waals surface area contributed by atoms with E-state index in [1.165, 1.54) is 12.1 Å².